The van der Waals surface area contributed by atoms with Gasteiger partial charge in [-0.25, -0.2) is 0 Å². The standard InChI is InChI=1S/C21H18N2O5/c1-28-20-10-8-17(12-16(20)11-14-5-3-2-4-6-14)22-21(25)15-7-9-18(23(26)27)19(24)13-15/h2-10,12-13,24H,11H2,1H3,(H,22,25). The van der Waals surface area contributed by atoms with Crippen molar-refractivity contribution in [1.82, 2.24) is 0 Å². The zero-order valence-corrected chi connectivity index (χ0v) is 15.1. The first-order chi connectivity index (χ1) is 13.5. The summed E-state index contributed by atoms with van der Waals surface area (Å²) < 4.78 is 5.40. The number of rotatable bonds is 6. The number of nitro benzene ring substituents is 1. The Balaban J connectivity index is 1.82. The van der Waals surface area contributed by atoms with Crippen LogP contribution in [0, 0.1) is 10.1 Å². The summed E-state index contributed by atoms with van der Waals surface area (Å²) in [7, 11) is 1.59. The maximum atomic E-state index is 12.4. The molecule has 0 saturated carbocycles. The molecule has 0 heterocycles. The first-order valence-electron chi connectivity index (χ1n) is 8.47. The summed E-state index contributed by atoms with van der Waals surface area (Å²) in [6.07, 6.45) is 0.631. The second-order valence-electron chi connectivity index (χ2n) is 6.10. The smallest absolute Gasteiger partial charge is 0.310 e. The molecule has 2 N–H and O–H groups in total. The van der Waals surface area contributed by atoms with Gasteiger partial charge in [0.2, 0.25) is 0 Å². The summed E-state index contributed by atoms with van der Waals surface area (Å²) >= 11 is 0. The number of aromatic hydroxyl groups is 1. The molecule has 0 aliphatic heterocycles. The molecule has 142 valence electrons. The molecule has 0 unspecified atom stereocenters. The van der Waals surface area contributed by atoms with E-state index in [1.54, 1.807) is 19.2 Å². The number of phenolic OH excluding ortho intramolecular Hbond substituents is 1. The summed E-state index contributed by atoms with van der Waals surface area (Å²) in [6, 6.07) is 18.6. The van der Waals surface area contributed by atoms with Gasteiger partial charge in [0, 0.05) is 29.3 Å². The van der Waals surface area contributed by atoms with Gasteiger partial charge in [-0.1, -0.05) is 30.3 Å². The average molecular weight is 378 g/mol. The number of hydrogen-bond donors (Lipinski definition) is 2. The Morgan fingerprint density at radius 3 is 2.50 bits per heavy atom. The lowest BCUT2D eigenvalue weighted by atomic mass is 10.0. The molecule has 0 fully saturated rings. The Hall–Kier alpha value is -3.87. The monoisotopic (exact) mass is 378 g/mol. The van der Waals surface area contributed by atoms with Crippen molar-refractivity contribution in [2.24, 2.45) is 0 Å². The van der Waals surface area contributed by atoms with Crippen LogP contribution in [0.1, 0.15) is 21.5 Å². The lowest BCUT2D eigenvalue weighted by Gasteiger charge is -2.12. The van der Waals surface area contributed by atoms with Crippen molar-refractivity contribution in [2.45, 2.75) is 6.42 Å². The Bertz CT molecular complexity index is 1020. The van der Waals surface area contributed by atoms with Crippen LogP contribution in [-0.4, -0.2) is 23.0 Å². The minimum atomic E-state index is -0.712. The van der Waals surface area contributed by atoms with Crippen LogP contribution in [0.25, 0.3) is 0 Å². The molecule has 3 aromatic rings. The molecule has 7 heteroatoms. The highest BCUT2D eigenvalue weighted by Gasteiger charge is 2.16. The topological polar surface area (TPSA) is 102 Å². The van der Waals surface area contributed by atoms with E-state index in [-0.39, 0.29) is 5.56 Å². The number of phenols is 1. The number of methoxy groups -OCH3 is 1. The van der Waals surface area contributed by atoms with E-state index in [1.165, 1.54) is 6.07 Å². The normalized spacial score (nSPS) is 10.3. The second kappa shape index (κ2) is 8.22. The molecule has 7 nitrogen and oxygen atoms in total. The predicted molar refractivity (Wildman–Crippen MR) is 105 cm³/mol. The van der Waals surface area contributed by atoms with Crippen molar-refractivity contribution in [2.75, 3.05) is 12.4 Å². The maximum absolute atomic E-state index is 12.4. The molecule has 1 amide bonds. The number of carbonyl (C=O) groups is 1. The van der Waals surface area contributed by atoms with Gasteiger partial charge >= 0.3 is 5.69 Å². The van der Waals surface area contributed by atoms with Crippen LogP contribution in [0.3, 0.4) is 0 Å². The molecule has 0 radical (unpaired) electrons. The van der Waals surface area contributed by atoms with Gasteiger partial charge in [-0.3, -0.25) is 14.9 Å². The van der Waals surface area contributed by atoms with E-state index < -0.39 is 22.3 Å². The van der Waals surface area contributed by atoms with Crippen molar-refractivity contribution in [3.8, 4) is 11.5 Å². The molecule has 0 atom stereocenters. The Morgan fingerprint density at radius 2 is 1.86 bits per heavy atom. The molecule has 3 rings (SSSR count). The van der Waals surface area contributed by atoms with Gasteiger partial charge in [0.05, 0.1) is 12.0 Å². The zero-order valence-electron chi connectivity index (χ0n) is 15.1. The molecule has 0 bridgehead atoms. The van der Waals surface area contributed by atoms with Crippen molar-refractivity contribution in [3.05, 3.63) is 93.5 Å². The quantitative estimate of drug-likeness (QED) is 0.495. The lowest BCUT2D eigenvalue weighted by Crippen LogP contribution is -2.12. The van der Waals surface area contributed by atoms with Crippen LogP contribution in [0.4, 0.5) is 11.4 Å². The second-order valence-corrected chi connectivity index (χ2v) is 6.10. The van der Waals surface area contributed by atoms with E-state index in [4.69, 9.17) is 4.74 Å². The van der Waals surface area contributed by atoms with E-state index in [0.717, 1.165) is 23.3 Å². The summed E-state index contributed by atoms with van der Waals surface area (Å²) in [4.78, 5) is 22.5. The predicted octanol–water partition coefficient (Wildman–Crippen LogP) is 4.15. The Morgan fingerprint density at radius 1 is 1.11 bits per heavy atom. The van der Waals surface area contributed by atoms with Crippen LogP contribution >= 0.6 is 0 Å². The first-order valence-corrected chi connectivity index (χ1v) is 8.47. The van der Waals surface area contributed by atoms with Gasteiger partial charge in [-0.2, -0.15) is 0 Å². The number of benzene rings is 3. The fourth-order valence-corrected chi connectivity index (χ4v) is 2.83. The molecular formula is C21H18N2O5. The van der Waals surface area contributed by atoms with Gasteiger partial charge in [-0.05, 0) is 35.9 Å². The Labute approximate surface area is 161 Å². The van der Waals surface area contributed by atoms with Crippen molar-refractivity contribution in [3.63, 3.8) is 0 Å². The number of carbonyl (C=O) groups excluding carboxylic acids is 1. The molecule has 0 aliphatic rings. The van der Waals surface area contributed by atoms with Gasteiger partial charge in [0.25, 0.3) is 5.91 Å². The molecule has 0 aliphatic carbocycles. The summed E-state index contributed by atoms with van der Waals surface area (Å²) in [5, 5.41) is 23.2. The van der Waals surface area contributed by atoms with Crippen LogP contribution in [0.2, 0.25) is 0 Å². The zero-order chi connectivity index (χ0) is 20.1. The number of nitro groups is 1. The molecule has 0 aromatic heterocycles. The maximum Gasteiger partial charge on any atom is 0.310 e. The van der Waals surface area contributed by atoms with Crippen LogP contribution < -0.4 is 10.1 Å². The molecular weight excluding hydrogens is 360 g/mol. The number of nitrogens with one attached hydrogen (secondary N) is 1. The van der Waals surface area contributed by atoms with Gasteiger partial charge in [-0.15, -0.1) is 0 Å². The summed E-state index contributed by atoms with van der Waals surface area (Å²) in [5.41, 5.74) is 2.21. The fraction of sp³-hybridized carbons (Fsp3) is 0.0952. The summed E-state index contributed by atoms with van der Waals surface area (Å²) in [5.74, 6) is -0.340. The number of anilines is 1. The Kier molecular flexibility index (Phi) is 5.55. The number of nitrogens with zero attached hydrogens (tertiary/aromatic N) is 1. The van der Waals surface area contributed by atoms with Crippen molar-refractivity contribution >= 4 is 17.3 Å². The third-order valence-electron chi connectivity index (χ3n) is 4.21. The average Bonchev–Trinajstić information content (AvgIpc) is 2.68. The highest BCUT2D eigenvalue weighted by Crippen LogP contribution is 2.28. The summed E-state index contributed by atoms with van der Waals surface area (Å²) in [6.45, 7) is 0. The van der Waals surface area contributed by atoms with Gasteiger partial charge in [0.15, 0.2) is 5.75 Å². The molecule has 0 spiro atoms. The minimum absolute atomic E-state index is 0.114. The van der Waals surface area contributed by atoms with E-state index in [1.807, 2.05) is 36.4 Å². The largest absolute Gasteiger partial charge is 0.502 e. The van der Waals surface area contributed by atoms with Crippen LogP contribution in [0.15, 0.2) is 66.7 Å². The lowest BCUT2D eigenvalue weighted by molar-refractivity contribution is -0.385. The number of hydrogen-bond acceptors (Lipinski definition) is 5. The number of ether oxygens (including phenoxy) is 1. The molecule has 3 aromatic carbocycles. The highest BCUT2D eigenvalue weighted by atomic mass is 16.6. The van der Waals surface area contributed by atoms with E-state index in [9.17, 15) is 20.0 Å². The third kappa shape index (κ3) is 4.27. The van der Waals surface area contributed by atoms with E-state index >= 15 is 0 Å². The minimum Gasteiger partial charge on any atom is -0.502 e. The van der Waals surface area contributed by atoms with Gasteiger partial charge in [0.1, 0.15) is 5.75 Å². The highest BCUT2D eigenvalue weighted by molar-refractivity contribution is 6.04. The van der Waals surface area contributed by atoms with E-state index in [0.29, 0.717) is 17.9 Å². The number of amides is 1. The SMILES string of the molecule is COc1ccc(NC(=O)c2ccc([N+](=O)[O-])c(O)c2)cc1Cc1ccccc1. The van der Waals surface area contributed by atoms with Crippen LogP contribution in [-0.2, 0) is 6.42 Å². The van der Waals surface area contributed by atoms with Crippen LogP contribution in [0.5, 0.6) is 11.5 Å². The van der Waals surface area contributed by atoms with Gasteiger partial charge < -0.3 is 15.2 Å². The molecule has 28 heavy (non-hydrogen) atoms. The third-order valence-corrected chi connectivity index (χ3v) is 4.21. The van der Waals surface area contributed by atoms with E-state index in [2.05, 4.69) is 5.32 Å². The first kappa shape index (κ1) is 18.9. The van der Waals surface area contributed by atoms with Crippen molar-refractivity contribution in [1.29, 1.82) is 0 Å². The van der Waals surface area contributed by atoms with Crippen molar-refractivity contribution < 1.29 is 19.6 Å². The fourth-order valence-electron chi connectivity index (χ4n) is 2.83. The molecule has 0 saturated heterocycles.